The Balaban J connectivity index is 2.74. The molecule has 0 saturated heterocycles. The van der Waals surface area contributed by atoms with Gasteiger partial charge < -0.3 is 9.30 Å². The number of methoxy groups -OCH3 is 1. The minimum atomic E-state index is -0.0876. The molecule has 0 atom stereocenters. The van der Waals surface area contributed by atoms with Crippen molar-refractivity contribution in [3.05, 3.63) is 23.0 Å². The van der Waals surface area contributed by atoms with E-state index in [1.54, 1.807) is 7.11 Å². The Morgan fingerprint density at radius 3 is 2.84 bits per heavy atom. The molecular formula is C14H18N2O2S. The van der Waals surface area contributed by atoms with Crippen molar-refractivity contribution in [3.63, 3.8) is 0 Å². The van der Waals surface area contributed by atoms with Crippen molar-refractivity contribution in [3.8, 4) is 5.75 Å². The predicted molar refractivity (Wildman–Crippen MR) is 77.5 cm³/mol. The first-order valence-electron chi connectivity index (χ1n) is 6.45. The van der Waals surface area contributed by atoms with Crippen molar-refractivity contribution < 1.29 is 9.53 Å². The van der Waals surface area contributed by atoms with Crippen molar-refractivity contribution in [2.45, 2.75) is 33.2 Å². The molecule has 0 saturated carbocycles. The number of nitrogens with zero attached hydrogens (tertiary/aromatic N) is 2. The molecule has 0 bridgehead atoms. The van der Waals surface area contributed by atoms with Crippen LogP contribution in [0.4, 0.5) is 0 Å². The van der Waals surface area contributed by atoms with E-state index < -0.39 is 0 Å². The fourth-order valence-electron chi connectivity index (χ4n) is 1.96. The van der Waals surface area contributed by atoms with Crippen LogP contribution in [0, 0.1) is 0 Å². The van der Waals surface area contributed by atoms with Gasteiger partial charge in [-0.25, -0.2) is 0 Å². The zero-order valence-electron chi connectivity index (χ0n) is 11.5. The van der Waals surface area contributed by atoms with Gasteiger partial charge in [0.05, 0.1) is 11.8 Å². The number of rotatable bonds is 4. The van der Waals surface area contributed by atoms with Gasteiger partial charge in [-0.2, -0.15) is 4.99 Å². The molecule has 0 spiro atoms. The highest BCUT2D eigenvalue weighted by molar-refractivity contribution is 7.16. The van der Waals surface area contributed by atoms with Crippen molar-refractivity contribution in [2.24, 2.45) is 4.99 Å². The number of fused-ring (bicyclic) bond motifs is 1. The number of aryl methyl sites for hydroxylation is 1. The number of benzene rings is 1. The van der Waals surface area contributed by atoms with Gasteiger partial charge in [-0.1, -0.05) is 31.3 Å². The lowest BCUT2D eigenvalue weighted by Gasteiger charge is -2.06. The number of carbonyl (C=O) groups excluding carboxylic acids is 1. The fourth-order valence-corrected chi connectivity index (χ4v) is 3.06. The van der Waals surface area contributed by atoms with Crippen LogP contribution in [0.1, 0.15) is 26.7 Å². The summed E-state index contributed by atoms with van der Waals surface area (Å²) in [6, 6.07) is 5.93. The molecule has 4 nitrogen and oxygen atoms in total. The maximum Gasteiger partial charge on any atom is 0.248 e. The highest BCUT2D eigenvalue weighted by Crippen LogP contribution is 2.27. The van der Waals surface area contributed by atoms with Gasteiger partial charge in [-0.15, -0.1) is 0 Å². The van der Waals surface area contributed by atoms with Gasteiger partial charge in [0.25, 0.3) is 0 Å². The van der Waals surface area contributed by atoms with Crippen molar-refractivity contribution >= 4 is 27.5 Å². The Morgan fingerprint density at radius 2 is 2.21 bits per heavy atom. The average molecular weight is 278 g/mol. The van der Waals surface area contributed by atoms with Crippen molar-refractivity contribution in [2.75, 3.05) is 7.11 Å². The van der Waals surface area contributed by atoms with Crippen LogP contribution < -0.4 is 9.54 Å². The van der Waals surface area contributed by atoms with E-state index in [1.807, 2.05) is 25.1 Å². The average Bonchev–Trinajstić information content (AvgIpc) is 2.77. The molecule has 2 rings (SSSR count). The van der Waals surface area contributed by atoms with E-state index in [0.29, 0.717) is 6.42 Å². The van der Waals surface area contributed by atoms with Gasteiger partial charge in [0.15, 0.2) is 4.80 Å². The molecule has 1 aromatic carbocycles. The van der Waals surface area contributed by atoms with Crippen molar-refractivity contribution in [1.82, 2.24) is 4.57 Å². The largest absolute Gasteiger partial charge is 0.495 e. The van der Waals surface area contributed by atoms with Crippen molar-refractivity contribution in [1.29, 1.82) is 0 Å². The third-order valence-electron chi connectivity index (χ3n) is 2.85. The number of aromatic nitrogens is 1. The summed E-state index contributed by atoms with van der Waals surface area (Å²) in [6.07, 6.45) is 1.41. The first-order valence-corrected chi connectivity index (χ1v) is 7.26. The second kappa shape index (κ2) is 6.02. The molecule has 1 aromatic heterocycles. The molecule has 1 heterocycles. The number of amides is 1. The maximum absolute atomic E-state index is 11.6. The maximum atomic E-state index is 11.6. The molecule has 2 aromatic rings. The Labute approximate surface area is 116 Å². The zero-order valence-corrected chi connectivity index (χ0v) is 12.3. The molecule has 0 aliphatic carbocycles. The summed E-state index contributed by atoms with van der Waals surface area (Å²) in [7, 11) is 1.66. The quantitative estimate of drug-likeness (QED) is 0.863. The number of carbonyl (C=O) groups is 1. The summed E-state index contributed by atoms with van der Waals surface area (Å²) in [5, 5.41) is 0. The van der Waals surface area contributed by atoms with Crippen LogP contribution in [-0.4, -0.2) is 17.6 Å². The number of thiazole rings is 1. The molecule has 102 valence electrons. The van der Waals surface area contributed by atoms with E-state index in [4.69, 9.17) is 4.74 Å². The Bertz CT molecular complexity index is 655. The van der Waals surface area contributed by atoms with E-state index in [0.717, 1.165) is 33.7 Å². The van der Waals surface area contributed by atoms with E-state index in [9.17, 15) is 4.79 Å². The number of hydrogen-bond acceptors (Lipinski definition) is 3. The van der Waals surface area contributed by atoms with E-state index in [2.05, 4.69) is 16.5 Å². The second-order valence-electron chi connectivity index (χ2n) is 4.20. The van der Waals surface area contributed by atoms with Crippen LogP contribution in [0.2, 0.25) is 0 Å². The molecule has 0 aliphatic heterocycles. The van der Waals surface area contributed by atoms with Crippen LogP contribution in [0.15, 0.2) is 23.2 Å². The molecule has 5 heteroatoms. The van der Waals surface area contributed by atoms with E-state index in [1.165, 1.54) is 11.3 Å². The minimum absolute atomic E-state index is 0.0876. The summed E-state index contributed by atoms with van der Waals surface area (Å²) in [5.74, 6) is 0.739. The van der Waals surface area contributed by atoms with Crippen LogP contribution in [0.25, 0.3) is 10.2 Å². The lowest BCUT2D eigenvalue weighted by atomic mass is 10.3. The summed E-state index contributed by atoms with van der Waals surface area (Å²) < 4.78 is 8.59. The topological polar surface area (TPSA) is 43.6 Å². The summed E-state index contributed by atoms with van der Waals surface area (Å²) >= 11 is 1.53. The summed E-state index contributed by atoms with van der Waals surface area (Å²) in [4.78, 5) is 16.5. The van der Waals surface area contributed by atoms with E-state index >= 15 is 0 Å². The molecule has 0 radical (unpaired) electrons. The van der Waals surface area contributed by atoms with Crippen LogP contribution in [0.3, 0.4) is 0 Å². The predicted octanol–water partition coefficient (Wildman–Crippen LogP) is 2.96. The molecule has 19 heavy (non-hydrogen) atoms. The van der Waals surface area contributed by atoms with Crippen LogP contribution in [0.5, 0.6) is 5.75 Å². The Kier molecular flexibility index (Phi) is 4.37. The molecule has 0 fully saturated rings. The fraction of sp³-hybridized carbons (Fsp3) is 0.429. The third-order valence-corrected chi connectivity index (χ3v) is 3.90. The summed E-state index contributed by atoms with van der Waals surface area (Å²) in [6.45, 7) is 4.76. The minimum Gasteiger partial charge on any atom is -0.495 e. The van der Waals surface area contributed by atoms with E-state index in [-0.39, 0.29) is 5.91 Å². The number of hydrogen-bond donors (Lipinski definition) is 0. The summed E-state index contributed by atoms with van der Waals surface area (Å²) in [5.41, 5.74) is 1.03. The van der Waals surface area contributed by atoms with Gasteiger partial charge >= 0.3 is 0 Å². The lowest BCUT2D eigenvalue weighted by molar-refractivity contribution is -0.117. The number of ether oxygens (including phenoxy) is 1. The standard InChI is InChI=1S/C14H18N2O2S/c1-4-9-16-13-10(18-3)7-6-8-11(13)19-14(16)15-12(17)5-2/h6-8H,4-5,9H2,1-3H3. The van der Waals surface area contributed by atoms with Crippen LogP contribution in [-0.2, 0) is 11.3 Å². The number of para-hydroxylation sites is 1. The van der Waals surface area contributed by atoms with Crippen LogP contribution >= 0.6 is 11.3 Å². The molecule has 1 amide bonds. The first-order chi connectivity index (χ1) is 9.21. The van der Waals surface area contributed by atoms with Gasteiger partial charge in [0, 0.05) is 13.0 Å². The molecule has 0 unspecified atom stereocenters. The molecule has 0 N–H and O–H groups in total. The highest BCUT2D eigenvalue weighted by Gasteiger charge is 2.11. The Morgan fingerprint density at radius 1 is 1.42 bits per heavy atom. The third kappa shape index (κ3) is 2.71. The SMILES string of the molecule is CCCn1c(=NC(=O)CC)sc2cccc(OC)c21. The first kappa shape index (κ1) is 13.8. The lowest BCUT2D eigenvalue weighted by Crippen LogP contribution is -2.16. The van der Waals surface area contributed by atoms with Gasteiger partial charge in [0.2, 0.25) is 5.91 Å². The zero-order chi connectivity index (χ0) is 13.8. The molecular weight excluding hydrogens is 260 g/mol. The highest BCUT2D eigenvalue weighted by atomic mass is 32.1. The smallest absolute Gasteiger partial charge is 0.248 e. The van der Waals surface area contributed by atoms with Gasteiger partial charge in [-0.3, -0.25) is 4.79 Å². The Hall–Kier alpha value is -1.62. The van der Waals surface area contributed by atoms with Gasteiger partial charge in [-0.05, 0) is 18.6 Å². The normalized spacial score (nSPS) is 12.1. The second-order valence-corrected chi connectivity index (χ2v) is 5.21. The monoisotopic (exact) mass is 278 g/mol. The molecule has 0 aliphatic rings. The van der Waals surface area contributed by atoms with Gasteiger partial charge in [0.1, 0.15) is 11.3 Å².